The van der Waals surface area contributed by atoms with E-state index in [0.29, 0.717) is 0 Å². The van der Waals surface area contributed by atoms with Gasteiger partial charge in [-0.2, -0.15) is 0 Å². The quantitative estimate of drug-likeness (QED) is 0.607. The second kappa shape index (κ2) is 6.05. The van der Waals surface area contributed by atoms with Crippen molar-refractivity contribution in [1.29, 1.82) is 0 Å². The third-order valence-electron chi connectivity index (χ3n) is 2.49. The number of rotatable bonds is 7. The van der Waals surface area contributed by atoms with Crippen LogP contribution in [0.2, 0.25) is 77.6 Å². The first kappa shape index (κ1) is 18.8. The Morgan fingerprint density at radius 3 is 0.889 bits per heavy atom. The van der Waals surface area contributed by atoms with Crippen LogP contribution < -0.4 is 0 Å². The molecule has 0 saturated heterocycles. The van der Waals surface area contributed by atoms with E-state index in [2.05, 4.69) is 65.5 Å². The Balaban J connectivity index is 4.38. The van der Waals surface area contributed by atoms with Gasteiger partial charge in [-0.3, -0.25) is 0 Å². The van der Waals surface area contributed by atoms with Gasteiger partial charge >= 0.3 is 0 Å². The lowest BCUT2D eigenvalue weighted by Crippen LogP contribution is -2.46. The van der Waals surface area contributed by atoms with Crippen LogP contribution in [-0.2, 0) is 8.23 Å². The van der Waals surface area contributed by atoms with Gasteiger partial charge in [-0.05, 0) is 77.6 Å². The van der Waals surface area contributed by atoms with Gasteiger partial charge in [0, 0.05) is 0 Å². The minimum Gasteiger partial charge on any atom is -0.456 e. The van der Waals surface area contributed by atoms with Gasteiger partial charge in [-0.15, -0.1) is 0 Å². The SMILES string of the molecule is C[Si](C)(C)O[Si](C)(C)CC[Si](C)(C)O[Si](C)(C)C. The van der Waals surface area contributed by atoms with Crippen molar-refractivity contribution in [2.45, 2.75) is 77.6 Å². The van der Waals surface area contributed by atoms with Crippen LogP contribution in [0.5, 0.6) is 0 Å². The second-order valence-corrected chi connectivity index (χ2v) is 26.6. The monoisotopic (exact) mass is 322 g/mol. The molecule has 0 atom stereocenters. The van der Waals surface area contributed by atoms with E-state index in [1.54, 1.807) is 0 Å². The van der Waals surface area contributed by atoms with Crippen LogP contribution in [0, 0.1) is 0 Å². The highest BCUT2D eigenvalue weighted by Crippen LogP contribution is 2.26. The van der Waals surface area contributed by atoms with Crippen LogP contribution in [0.3, 0.4) is 0 Å². The van der Waals surface area contributed by atoms with Gasteiger partial charge in [-0.1, -0.05) is 0 Å². The predicted octanol–water partition coefficient (Wildman–Crippen LogP) is 5.10. The molecule has 110 valence electrons. The maximum absolute atomic E-state index is 6.41. The van der Waals surface area contributed by atoms with Crippen LogP contribution in [0.1, 0.15) is 0 Å². The Hall–Kier alpha value is 0.788. The van der Waals surface area contributed by atoms with Crippen LogP contribution >= 0.6 is 0 Å². The van der Waals surface area contributed by atoms with Crippen molar-refractivity contribution < 1.29 is 8.23 Å². The summed E-state index contributed by atoms with van der Waals surface area (Å²) in [4.78, 5) is 0. The lowest BCUT2D eigenvalue weighted by molar-refractivity contribution is 0.533. The molecule has 0 spiro atoms. The fourth-order valence-corrected chi connectivity index (χ4v) is 21.3. The van der Waals surface area contributed by atoms with E-state index in [0.717, 1.165) is 0 Å². The Bertz CT molecular complexity index is 236. The zero-order valence-electron chi connectivity index (χ0n) is 14.2. The standard InChI is InChI=1S/C12H34O2Si4/c1-15(2,3)13-17(7,8)11-12-18(9,10)14-16(4,5)6/h11-12H2,1-10H3. The van der Waals surface area contributed by atoms with Gasteiger partial charge < -0.3 is 8.23 Å². The minimum absolute atomic E-state index is 1.25. The highest BCUT2D eigenvalue weighted by Gasteiger charge is 2.35. The highest BCUT2D eigenvalue weighted by atomic mass is 28.4. The number of hydrogen-bond acceptors (Lipinski definition) is 2. The molecule has 2 nitrogen and oxygen atoms in total. The van der Waals surface area contributed by atoms with Gasteiger partial charge in [0.15, 0.2) is 33.3 Å². The Morgan fingerprint density at radius 2 is 0.722 bits per heavy atom. The molecule has 0 saturated carbocycles. The lowest BCUT2D eigenvalue weighted by atomic mass is 10.9. The van der Waals surface area contributed by atoms with Gasteiger partial charge in [0.05, 0.1) is 0 Å². The molecule has 0 fully saturated rings. The average molecular weight is 323 g/mol. The second-order valence-electron chi connectivity index (χ2n) is 8.45. The van der Waals surface area contributed by atoms with E-state index >= 15 is 0 Å². The lowest BCUT2D eigenvalue weighted by Gasteiger charge is -2.36. The molecule has 0 aromatic rings. The third kappa shape index (κ3) is 10.7. The summed E-state index contributed by atoms with van der Waals surface area (Å²) in [6, 6.07) is 2.50. The predicted molar refractivity (Wildman–Crippen MR) is 93.4 cm³/mol. The molecule has 0 radical (unpaired) electrons. The molecule has 0 aliphatic carbocycles. The van der Waals surface area contributed by atoms with E-state index in [-0.39, 0.29) is 0 Å². The Labute approximate surface area is 119 Å². The smallest absolute Gasteiger partial charge is 0.173 e. The summed E-state index contributed by atoms with van der Waals surface area (Å²) in [6.07, 6.45) is 0. The maximum atomic E-state index is 6.41. The van der Waals surface area contributed by atoms with E-state index in [1.807, 2.05) is 0 Å². The molecular weight excluding hydrogens is 288 g/mol. The van der Waals surface area contributed by atoms with Crippen molar-refractivity contribution in [3.8, 4) is 0 Å². The van der Waals surface area contributed by atoms with Crippen molar-refractivity contribution in [1.82, 2.24) is 0 Å². The van der Waals surface area contributed by atoms with Crippen LogP contribution in [0.4, 0.5) is 0 Å². The maximum Gasteiger partial charge on any atom is 0.173 e. The normalized spacial score (nSPS) is 15.0. The van der Waals surface area contributed by atoms with E-state index in [4.69, 9.17) is 8.23 Å². The summed E-state index contributed by atoms with van der Waals surface area (Å²) in [7, 11) is -5.77. The molecule has 18 heavy (non-hydrogen) atoms. The first-order chi connectivity index (χ1) is 7.62. The van der Waals surface area contributed by atoms with E-state index in [1.165, 1.54) is 12.1 Å². The Morgan fingerprint density at radius 1 is 0.500 bits per heavy atom. The highest BCUT2D eigenvalue weighted by molar-refractivity contribution is 6.87. The molecule has 0 heterocycles. The van der Waals surface area contributed by atoms with E-state index in [9.17, 15) is 0 Å². The summed E-state index contributed by atoms with van der Waals surface area (Å²) in [5.41, 5.74) is 0. The molecule has 0 aliphatic rings. The van der Waals surface area contributed by atoms with Gasteiger partial charge in [0.2, 0.25) is 0 Å². The Kier molecular flexibility index (Phi) is 6.31. The van der Waals surface area contributed by atoms with Crippen molar-refractivity contribution >= 4 is 33.3 Å². The fraction of sp³-hybridized carbons (Fsp3) is 1.00. The molecule has 0 aliphatic heterocycles. The van der Waals surface area contributed by atoms with Crippen molar-refractivity contribution in [2.24, 2.45) is 0 Å². The minimum atomic E-state index is -1.49. The van der Waals surface area contributed by atoms with E-state index < -0.39 is 33.3 Å². The molecule has 0 bridgehead atoms. The zero-order valence-corrected chi connectivity index (χ0v) is 18.2. The first-order valence-corrected chi connectivity index (χ1v) is 20.1. The van der Waals surface area contributed by atoms with Gasteiger partial charge in [0.1, 0.15) is 0 Å². The van der Waals surface area contributed by atoms with Gasteiger partial charge in [0.25, 0.3) is 0 Å². The summed E-state index contributed by atoms with van der Waals surface area (Å²) >= 11 is 0. The van der Waals surface area contributed by atoms with Crippen molar-refractivity contribution in [3.05, 3.63) is 0 Å². The fourth-order valence-electron chi connectivity index (χ4n) is 2.36. The van der Waals surface area contributed by atoms with Crippen LogP contribution in [0.15, 0.2) is 0 Å². The molecule has 0 aromatic carbocycles. The molecule has 6 heteroatoms. The molecule has 0 N–H and O–H groups in total. The molecule has 0 rings (SSSR count). The third-order valence-corrected chi connectivity index (χ3v) is 15.2. The number of hydrogen-bond donors (Lipinski definition) is 0. The van der Waals surface area contributed by atoms with Crippen molar-refractivity contribution in [2.75, 3.05) is 0 Å². The largest absolute Gasteiger partial charge is 0.456 e. The average Bonchev–Trinajstić information content (AvgIpc) is 1.91. The summed E-state index contributed by atoms with van der Waals surface area (Å²) in [6.45, 7) is 23.2. The van der Waals surface area contributed by atoms with Crippen molar-refractivity contribution in [3.63, 3.8) is 0 Å². The summed E-state index contributed by atoms with van der Waals surface area (Å²) < 4.78 is 12.8. The molecule has 0 unspecified atom stereocenters. The molecule has 0 aromatic heterocycles. The topological polar surface area (TPSA) is 18.5 Å². The summed E-state index contributed by atoms with van der Waals surface area (Å²) in [5.74, 6) is 0. The van der Waals surface area contributed by atoms with Gasteiger partial charge in [-0.25, -0.2) is 0 Å². The van der Waals surface area contributed by atoms with Crippen LogP contribution in [-0.4, -0.2) is 33.3 Å². The zero-order chi connectivity index (χ0) is 14.8. The molecular formula is C12H34O2Si4. The molecule has 0 amide bonds. The first-order valence-electron chi connectivity index (χ1n) is 7.02. The van der Waals surface area contributed by atoms with Crippen LogP contribution in [0.25, 0.3) is 0 Å². The summed E-state index contributed by atoms with van der Waals surface area (Å²) in [5, 5.41) is 0.